The van der Waals surface area contributed by atoms with Gasteiger partial charge in [-0.15, -0.1) is 0 Å². The molecule has 0 aliphatic carbocycles. The highest BCUT2D eigenvalue weighted by molar-refractivity contribution is 5.81. The number of carbonyl (C=O) groups is 1. The summed E-state index contributed by atoms with van der Waals surface area (Å²) in [4.78, 5) is 11.1. The van der Waals surface area contributed by atoms with E-state index in [1.807, 2.05) is 6.92 Å². The van der Waals surface area contributed by atoms with Crippen LogP contribution in [0.5, 0.6) is 0 Å². The zero-order valence-electron chi connectivity index (χ0n) is 11.6. The van der Waals surface area contributed by atoms with E-state index >= 15 is 0 Å². The van der Waals surface area contributed by atoms with Crippen LogP contribution in [0.15, 0.2) is 24.5 Å². The van der Waals surface area contributed by atoms with Crippen molar-refractivity contribution in [3.63, 3.8) is 0 Å². The highest BCUT2D eigenvalue weighted by Crippen LogP contribution is 2.17. The van der Waals surface area contributed by atoms with Crippen molar-refractivity contribution in [3.05, 3.63) is 24.5 Å². The molecule has 1 unspecified atom stereocenters. The zero-order valence-corrected chi connectivity index (χ0v) is 11.6. The Morgan fingerprint density at radius 3 is 2.74 bits per heavy atom. The van der Waals surface area contributed by atoms with E-state index in [4.69, 9.17) is 18.9 Å². The minimum absolute atomic E-state index is 0.153. The van der Waals surface area contributed by atoms with E-state index in [0.717, 1.165) is 18.4 Å². The average Bonchev–Trinajstić information content (AvgIpc) is 2.86. The molecule has 0 aromatic rings. The SMILES string of the molecule is C=C(C)C(CCC1OCCO1)O/C=C/C(=O)OCC. The Morgan fingerprint density at radius 1 is 1.47 bits per heavy atom. The normalized spacial score (nSPS) is 17.6. The van der Waals surface area contributed by atoms with Crippen molar-refractivity contribution in [1.82, 2.24) is 0 Å². The molecule has 0 amide bonds. The Labute approximate surface area is 114 Å². The Balaban J connectivity index is 2.31. The van der Waals surface area contributed by atoms with Crippen LogP contribution >= 0.6 is 0 Å². The molecule has 5 nitrogen and oxygen atoms in total. The van der Waals surface area contributed by atoms with E-state index in [0.29, 0.717) is 19.8 Å². The van der Waals surface area contributed by atoms with E-state index < -0.39 is 5.97 Å². The molecule has 5 heteroatoms. The molecule has 0 aromatic heterocycles. The quantitative estimate of drug-likeness (QED) is 0.293. The molecular formula is C14H22O5. The molecule has 19 heavy (non-hydrogen) atoms. The van der Waals surface area contributed by atoms with E-state index in [1.54, 1.807) is 6.92 Å². The summed E-state index contributed by atoms with van der Waals surface area (Å²) in [5.41, 5.74) is 0.895. The second-order valence-corrected chi connectivity index (χ2v) is 4.27. The van der Waals surface area contributed by atoms with E-state index in [2.05, 4.69) is 6.58 Å². The summed E-state index contributed by atoms with van der Waals surface area (Å²) in [6.07, 6.45) is 3.78. The maximum absolute atomic E-state index is 11.1. The molecular weight excluding hydrogens is 248 g/mol. The van der Waals surface area contributed by atoms with Crippen LogP contribution in [0.4, 0.5) is 0 Å². The highest BCUT2D eigenvalue weighted by atomic mass is 16.7. The third kappa shape index (κ3) is 6.40. The molecule has 1 fully saturated rings. The van der Waals surface area contributed by atoms with Gasteiger partial charge >= 0.3 is 5.97 Å². The van der Waals surface area contributed by atoms with Crippen molar-refractivity contribution >= 4 is 5.97 Å². The first-order valence-electron chi connectivity index (χ1n) is 6.50. The van der Waals surface area contributed by atoms with Gasteiger partial charge in [-0.05, 0) is 25.8 Å². The first-order valence-corrected chi connectivity index (χ1v) is 6.50. The van der Waals surface area contributed by atoms with Crippen molar-refractivity contribution in [3.8, 4) is 0 Å². The summed E-state index contributed by atoms with van der Waals surface area (Å²) >= 11 is 0. The number of esters is 1. The van der Waals surface area contributed by atoms with Gasteiger partial charge in [0.1, 0.15) is 6.10 Å². The van der Waals surface area contributed by atoms with E-state index in [1.165, 1.54) is 12.3 Å². The number of ether oxygens (including phenoxy) is 4. The van der Waals surface area contributed by atoms with Gasteiger partial charge in [-0.1, -0.05) is 6.58 Å². The molecule has 1 heterocycles. The molecule has 1 atom stereocenters. The van der Waals surface area contributed by atoms with Crippen molar-refractivity contribution in [2.24, 2.45) is 0 Å². The van der Waals surface area contributed by atoms with Crippen LogP contribution in [-0.4, -0.2) is 38.2 Å². The summed E-state index contributed by atoms with van der Waals surface area (Å²) in [5, 5.41) is 0. The fourth-order valence-corrected chi connectivity index (χ4v) is 1.67. The molecule has 1 rings (SSSR count). The van der Waals surface area contributed by atoms with Gasteiger partial charge in [0.2, 0.25) is 0 Å². The van der Waals surface area contributed by atoms with Gasteiger partial charge in [0.25, 0.3) is 0 Å². The minimum Gasteiger partial charge on any atom is -0.493 e. The standard InChI is InChI=1S/C14H22O5/c1-4-16-13(15)7-8-17-12(11(2)3)5-6-14-18-9-10-19-14/h7-8,12,14H,2,4-6,9-10H2,1,3H3/b8-7+. The van der Waals surface area contributed by atoms with Crippen LogP contribution in [0.1, 0.15) is 26.7 Å². The third-order valence-corrected chi connectivity index (χ3v) is 2.64. The molecule has 0 radical (unpaired) electrons. The van der Waals surface area contributed by atoms with Gasteiger partial charge in [-0.3, -0.25) is 0 Å². The van der Waals surface area contributed by atoms with Crippen molar-refractivity contribution < 1.29 is 23.7 Å². The average molecular weight is 270 g/mol. The summed E-state index contributed by atoms with van der Waals surface area (Å²) in [5.74, 6) is -0.412. The molecule has 0 aromatic carbocycles. The number of hydrogen-bond acceptors (Lipinski definition) is 5. The lowest BCUT2D eigenvalue weighted by Gasteiger charge is -2.18. The molecule has 108 valence electrons. The molecule has 0 spiro atoms. The lowest BCUT2D eigenvalue weighted by Crippen LogP contribution is -2.16. The van der Waals surface area contributed by atoms with Crippen molar-refractivity contribution in [1.29, 1.82) is 0 Å². The Hall–Kier alpha value is -1.33. The first-order chi connectivity index (χ1) is 9.13. The Kier molecular flexibility index (Phi) is 7.22. The van der Waals surface area contributed by atoms with Gasteiger partial charge in [0.05, 0.1) is 32.2 Å². The van der Waals surface area contributed by atoms with Crippen LogP contribution in [-0.2, 0) is 23.7 Å². The molecule has 1 saturated heterocycles. The van der Waals surface area contributed by atoms with Gasteiger partial charge < -0.3 is 18.9 Å². The summed E-state index contributed by atoms with van der Waals surface area (Å²) < 4.78 is 21.0. The predicted molar refractivity (Wildman–Crippen MR) is 70.4 cm³/mol. The summed E-state index contributed by atoms with van der Waals surface area (Å²) in [6.45, 7) is 9.16. The van der Waals surface area contributed by atoms with Gasteiger partial charge in [0.15, 0.2) is 6.29 Å². The number of hydrogen-bond donors (Lipinski definition) is 0. The van der Waals surface area contributed by atoms with E-state index in [-0.39, 0.29) is 12.4 Å². The fourth-order valence-electron chi connectivity index (χ4n) is 1.67. The minimum atomic E-state index is -0.412. The van der Waals surface area contributed by atoms with Gasteiger partial charge in [-0.2, -0.15) is 0 Å². The second kappa shape index (κ2) is 8.72. The molecule has 0 N–H and O–H groups in total. The van der Waals surface area contributed by atoms with Crippen LogP contribution in [0.2, 0.25) is 0 Å². The third-order valence-electron chi connectivity index (χ3n) is 2.64. The topological polar surface area (TPSA) is 54.0 Å². The van der Waals surface area contributed by atoms with Crippen LogP contribution in [0.3, 0.4) is 0 Å². The monoisotopic (exact) mass is 270 g/mol. The largest absolute Gasteiger partial charge is 0.493 e. The molecule has 1 aliphatic heterocycles. The summed E-state index contributed by atoms with van der Waals surface area (Å²) in [6, 6.07) is 0. The lowest BCUT2D eigenvalue weighted by atomic mass is 10.1. The lowest BCUT2D eigenvalue weighted by molar-refractivity contribution is -0.137. The molecule has 0 saturated carbocycles. The Bertz CT molecular complexity index is 318. The van der Waals surface area contributed by atoms with Gasteiger partial charge in [-0.25, -0.2) is 4.79 Å². The highest BCUT2D eigenvalue weighted by Gasteiger charge is 2.19. The van der Waals surface area contributed by atoms with Crippen molar-refractivity contribution in [2.45, 2.75) is 39.1 Å². The van der Waals surface area contributed by atoms with Crippen LogP contribution in [0.25, 0.3) is 0 Å². The number of carbonyl (C=O) groups excluding carboxylic acids is 1. The fraction of sp³-hybridized carbons (Fsp3) is 0.643. The smallest absolute Gasteiger partial charge is 0.333 e. The molecule has 0 bridgehead atoms. The Morgan fingerprint density at radius 2 is 2.16 bits per heavy atom. The maximum atomic E-state index is 11.1. The second-order valence-electron chi connectivity index (χ2n) is 4.27. The van der Waals surface area contributed by atoms with Gasteiger partial charge in [0, 0.05) is 6.42 Å². The number of rotatable bonds is 8. The molecule has 1 aliphatic rings. The van der Waals surface area contributed by atoms with Crippen LogP contribution in [0, 0.1) is 0 Å². The first kappa shape index (κ1) is 15.7. The predicted octanol–water partition coefficient (Wildman–Crippen LogP) is 2.18. The maximum Gasteiger partial charge on any atom is 0.333 e. The summed E-state index contributed by atoms with van der Waals surface area (Å²) in [7, 11) is 0. The van der Waals surface area contributed by atoms with Crippen molar-refractivity contribution in [2.75, 3.05) is 19.8 Å². The van der Waals surface area contributed by atoms with E-state index in [9.17, 15) is 4.79 Å². The van der Waals surface area contributed by atoms with Crippen LogP contribution < -0.4 is 0 Å². The zero-order chi connectivity index (χ0) is 14.1.